The highest BCUT2D eigenvalue weighted by Gasteiger charge is 2.26. The smallest absolute Gasteiger partial charge is 0.308 e. The van der Waals surface area contributed by atoms with E-state index in [1.54, 1.807) is 0 Å². The Bertz CT molecular complexity index is 650. The minimum atomic E-state index is -0.152. The third-order valence-electron chi connectivity index (χ3n) is 5.08. The molecule has 130 valence electrons. The summed E-state index contributed by atoms with van der Waals surface area (Å²) in [6.45, 7) is 8.84. The maximum absolute atomic E-state index is 11.6. The number of carbonyl (C=O) groups excluding carboxylic acids is 1. The predicted molar refractivity (Wildman–Crippen MR) is 101 cm³/mol. The van der Waals surface area contributed by atoms with Gasteiger partial charge in [-0.1, -0.05) is 62.8 Å². The first-order valence-corrected chi connectivity index (χ1v) is 8.88. The Morgan fingerprint density at radius 2 is 2.08 bits per heavy atom. The number of rotatable bonds is 5. The maximum Gasteiger partial charge on any atom is 0.308 e. The van der Waals surface area contributed by atoms with Gasteiger partial charge in [-0.25, -0.2) is 0 Å². The van der Waals surface area contributed by atoms with E-state index in [9.17, 15) is 4.79 Å². The third kappa shape index (κ3) is 4.59. The largest absolute Gasteiger partial charge is 0.469 e. The zero-order valence-corrected chi connectivity index (χ0v) is 15.7. The number of allylic oxidation sites excluding steroid dienone is 3. The van der Waals surface area contributed by atoms with Gasteiger partial charge in [-0.15, -0.1) is 0 Å². The van der Waals surface area contributed by atoms with Crippen molar-refractivity contribution in [3.8, 4) is 0 Å². The topological polar surface area (TPSA) is 26.3 Å². The molecule has 0 bridgehead atoms. The Labute approximate surface area is 146 Å². The summed E-state index contributed by atoms with van der Waals surface area (Å²) in [4.78, 5) is 11.6. The molecule has 0 radical (unpaired) electrons. The molecule has 0 aliphatic heterocycles. The molecule has 1 aromatic rings. The molecule has 0 N–H and O–H groups in total. The fourth-order valence-electron chi connectivity index (χ4n) is 3.65. The molecule has 24 heavy (non-hydrogen) atoms. The van der Waals surface area contributed by atoms with Crippen LogP contribution in [0.1, 0.15) is 58.1 Å². The van der Waals surface area contributed by atoms with Crippen LogP contribution in [0.5, 0.6) is 0 Å². The molecule has 2 heteroatoms. The molecule has 1 atom stereocenters. The number of ether oxygens (including phenoxy) is 1. The summed E-state index contributed by atoms with van der Waals surface area (Å²) in [5, 5.41) is 0. The van der Waals surface area contributed by atoms with Gasteiger partial charge in [0.25, 0.3) is 0 Å². The van der Waals surface area contributed by atoms with Gasteiger partial charge in [0.05, 0.1) is 13.0 Å². The Balaban J connectivity index is 2.16. The molecular formula is C22H30O2. The van der Waals surface area contributed by atoms with E-state index in [0.717, 1.165) is 0 Å². The molecule has 2 nitrogen and oxygen atoms in total. The molecular weight excluding hydrogens is 296 g/mol. The Hall–Kier alpha value is -1.83. The van der Waals surface area contributed by atoms with E-state index >= 15 is 0 Å². The van der Waals surface area contributed by atoms with Gasteiger partial charge in [0, 0.05) is 0 Å². The molecule has 0 saturated heterocycles. The van der Waals surface area contributed by atoms with Crippen LogP contribution in [-0.2, 0) is 16.0 Å². The van der Waals surface area contributed by atoms with Crippen molar-refractivity contribution in [2.75, 3.05) is 7.11 Å². The van der Waals surface area contributed by atoms with Gasteiger partial charge in [-0.05, 0) is 54.7 Å². The van der Waals surface area contributed by atoms with Gasteiger partial charge < -0.3 is 4.74 Å². The van der Waals surface area contributed by atoms with E-state index < -0.39 is 0 Å². The highest BCUT2D eigenvalue weighted by molar-refractivity contribution is 5.72. The second-order valence-corrected chi connectivity index (χ2v) is 7.64. The molecule has 0 aromatic heterocycles. The fourth-order valence-corrected chi connectivity index (χ4v) is 3.65. The molecule has 1 aliphatic carbocycles. The van der Waals surface area contributed by atoms with Crippen molar-refractivity contribution in [2.45, 2.75) is 53.4 Å². The van der Waals surface area contributed by atoms with Gasteiger partial charge in [0.1, 0.15) is 0 Å². The number of carbonyl (C=O) groups is 1. The summed E-state index contributed by atoms with van der Waals surface area (Å²) < 4.78 is 4.82. The van der Waals surface area contributed by atoms with Crippen LogP contribution in [0.25, 0.3) is 6.08 Å². The number of hydrogen-bond donors (Lipinski definition) is 0. The first-order chi connectivity index (χ1) is 11.3. The van der Waals surface area contributed by atoms with Crippen LogP contribution >= 0.6 is 0 Å². The molecule has 0 saturated carbocycles. The Morgan fingerprint density at radius 1 is 1.33 bits per heavy atom. The number of methoxy groups -OCH3 is 1. The van der Waals surface area contributed by atoms with Gasteiger partial charge in [-0.2, -0.15) is 0 Å². The highest BCUT2D eigenvalue weighted by Crippen LogP contribution is 2.40. The first-order valence-electron chi connectivity index (χ1n) is 8.88. The van der Waals surface area contributed by atoms with Gasteiger partial charge in [0.15, 0.2) is 0 Å². The normalized spacial score (nSPS) is 18.7. The summed E-state index contributed by atoms with van der Waals surface area (Å²) in [6.07, 6.45) is 8.95. The molecule has 1 aromatic carbocycles. The standard InChI is InChI=1S/C22H30O2/c1-16-8-7-13-22(3,4)20(16)12-11-18-9-6-10-19(15-18)14-17(2)21(23)24-5/h6,9-12,15,17H,7-8,13-14H2,1-5H3/b12-11+. The monoisotopic (exact) mass is 326 g/mol. The fraction of sp³-hybridized carbons (Fsp3) is 0.500. The van der Waals surface area contributed by atoms with Crippen molar-refractivity contribution in [3.05, 3.63) is 52.6 Å². The SMILES string of the molecule is COC(=O)C(C)Cc1cccc(/C=C/C2=C(C)CCCC2(C)C)c1. The third-order valence-corrected chi connectivity index (χ3v) is 5.08. The van der Waals surface area contributed by atoms with E-state index in [2.05, 4.69) is 57.2 Å². The van der Waals surface area contributed by atoms with E-state index in [1.165, 1.54) is 48.6 Å². The summed E-state index contributed by atoms with van der Waals surface area (Å²) in [7, 11) is 1.44. The summed E-state index contributed by atoms with van der Waals surface area (Å²) in [5.74, 6) is -0.267. The van der Waals surface area contributed by atoms with Gasteiger partial charge in [-0.3, -0.25) is 4.79 Å². The van der Waals surface area contributed by atoms with Crippen molar-refractivity contribution in [1.29, 1.82) is 0 Å². The lowest BCUT2D eigenvalue weighted by Crippen LogP contribution is -2.18. The second kappa shape index (κ2) is 7.83. The molecule has 0 heterocycles. The lowest BCUT2D eigenvalue weighted by atomic mass is 9.72. The zero-order chi connectivity index (χ0) is 17.7. The van der Waals surface area contributed by atoms with Crippen molar-refractivity contribution in [2.24, 2.45) is 11.3 Å². The van der Waals surface area contributed by atoms with Crippen LogP contribution in [0.15, 0.2) is 41.5 Å². The van der Waals surface area contributed by atoms with Crippen LogP contribution in [0, 0.1) is 11.3 Å². The van der Waals surface area contributed by atoms with Crippen LogP contribution in [0.3, 0.4) is 0 Å². The molecule has 0 spiro atoms. The second-order valence-electron chi connectivity index (χ2n) is 7.64. The van der Waals surface area contributed by atoms with E-state index in [4.69, 9.17) is 4.74 Å². The van der Waals surface area contributed by atoms with Crippen LogP contribution in [-0.4, -0.2) is 13.1 Å². The summed E-state index contributed by atoms with van der Waals surface area (Å²) in [5.41, 5.74) is 5.60. The van der Waals surface area contributed by atoms with Crippen LogP contribution in [0.2, 0.25) is 0 Å². The predicted octanol–water partition coefficient (Wildman–Crippen LogP) is 5.58. The quantitative estimate of drug-likeness (QED) is 0.660. The number of esters is 1. The average Bonchev–Trinajstić information content (AvgIpc) is 2.53. The van der Waals surface area contributed by atoms with Crippen LogP contribution < -0.4 is 0 Å². The van der Waals surface area contributed by atoms with Crippen molar-refractivity contribution in [1.82, 2.24) is 0 Å². The molecule has 1 unspecified atom stereocenters. The van der Waals surface area contributed by atoms with E-state index in [1.807, 2.05) is 6.92 Å². The van der Waals surface area contributed by atoms with Crippen LogP contribution in [0.4, 0.5) is 0 Å². The molecule has 0 amide bonds. The minimum absolute atomic E-state index is 0.114. The Kier molecular flexibility index (Phi) is 6.04. The van der Waals surface area contributed by atoms with Crippen molar-refractivity contribution >= 4 is 12.0 Å². The van der Waals surface area contributed by atoms with E-state index in [0.29, 0.717) is 6.42 Å². The molecule has 0 fully saturated rings. The number of benzene rings is 1. The number of hydrogen-bond acceptors (Lipinski definition) is 2. The lowest BCUT2D eigenvalue weighted by molar-refractivity contribution is -0.144. The van der Waals surface area contributed by atoms with Crippen molar-refractivity contribution < 1.29 is 9.53 Å². The Morgan fingerprint density at radius 3 is 2.75 bits per heavy atom. The van der Waals surface area contributed by atoms with E-state index in [-0.39, 0.29) is 17.3 Å². The highest BCUT2D eigenvalue weighted by atomic mass is 16.5. The van der Waals surface area contributed by atoms with Gasteiger partial charge >= 0.3 is 5.97 Å². The van der Waals surface area contributed by atoms with Gasteiger partial charge in [0.2, 0.25) is 0 Å². The van der Waals surface area contributed by atoms with Crippen molar-refractivity contribution in [3.63, 3.8) is 0 Å². The molecule has 2 rings (SSSR count). The summed E-state index contributed by atoms with van der Waals surface area (Å²) in [6, 6.07) is 8.42. The average molecular weight is 326 g/mol. The zero-order valence-electron chi connectivity index (χ0n) is 15.7. The minimum Gasteiger partial charge on any atom is -0.469 e. The first kappa shape index (κ1) is 18.5. The lowest BCUT2D eigenvalue weighted by Gasteiger charge is -2.32. The maximum atomic E-state index is 11.6. The summed E-state index contributed by atoms with van der Waals surface area (Å²) >= 11 is 0. The molecule has 1 aliphatic rings.